The average Bonchev–Trinajstić information content (AvgIpc) is 3.27. The molecule has 0 saturated heterocycles. The van der Waals surface area contributed by atoms with Crippen molar-refractivity contribution in [3.05, 3.63) is 66.6 Å². The van der Waals surface area contributed by atoms with E-state index in [9.17, 15) is 4.79 Å². The molecule has 0 fully saturated rings. The lowest BCUT2D eigenvalue weighted by Gasteiger charge is -2.18. The number of hydrogen-bond donors (Lipinski definition) is 3. The summed E-state index contributed by atoms with van der Waals surface area (Å²) in [5.41, 5.74) is 3.54. The normalized spacial score (nSPS) is 11.9. The van der Waals surface area contributed by atoms with E-state index in [0.717, 1.165) is 36.0 Å². The van der Waals surface area contributed by atoms with Crippen molar-refractivity contribution in [3.63, 3.8) is 0 Å². The predicted molar refractivity (Wildman–Crippen MR) is 161 cm³/mol. The fraction of sp³-hybridized carbons (Fsp3) is 0.310. The standard InChI is InChI=1S/C29H35ClN8O2/c1-6-26(39)35-24-14-20(16-32-28(24)40-19(2)15-31-12-9-13-37(3)4)34-29-33-17-23(30)27(36-29)22-18-38(5)25-11-8-7-10-21(22)25/h6-8,10-11,14,16-19,31H,1,9,12-13,15H2,2-5H3,(H,35,39)(H,33,34,36). The van der Waals surface area contributed by atoms with Gasteiger partial charge in [0.2, 0.25) is 17.7 Å². The molecule has 1 amide bonds. The Morgan fingerprint density at radius 3 is 2.83 bits per heavy atom. The van der Waals surface area contributed by atoms with E-state index >= 15 is 0 Å². The van der Waals surface area contributed by atoms with Gasteiger partial charge in [-0.3, -0.25) is 4.79 Å². The maximum absolute atomic E-state index is 12.1. The van der Waals surface area contributed by atoms with Crippen LogP contribution in [0.1, 0.15) is 13.3 Å². The molecule has 0 radical (unpaired) electrons. The number of hydrogen-bond acceptors (Lipinski definition) is 8. The van der Waals surface area contributed by atoms with Gasteiger partial charge in [-0.05, 0) is 58.7 Å². The van der Waals surface area contributed by atoms with E-state index in [4.69, 9.17) is 21.3 Å². The second-order valence-corrected chi connectivity index (χ2v) is 10.2. The smallest absolute Gasteiger partial charge is 0.247 e. The van der Waals surface area contributed by atoms with E-state index in [1.54, 1.807) is 18.5 Å². The Hall–Kier alpha value is -3.99. The van der Waals surface area contributed by atoms with Crippen molar-refractivity contribution in [1.82, 2.24) is 29.7 Å². The van der Waals surface area contributed by atoms with Crippen molar-refractivity contribution in [3.8, 4) is 17.1 Å². The van der Waals surface area contributed by atoms with E-state index in [1.807, 2.05) is 49.0 Å². The molecule has 1 atom stereocenters. The number of amides is 1. The molecule has 1 aromatic carbocycles. The summed E-state index contributed by atoms with van der Waals surface area (Å²) in [5, 5.41) is 10.8. The first-order chi connectivity index (χ1) is 19.2. The third kappa shape index (κ3) is 7.35. The zero-order valence-corrected chi connectivity index (χ0v) is 24.0. The highest BCUT2D eigenvalue weighted by atomic mass is 35.5. The molecule has 3 N–H and O–H groups in total. The number of pyridine rings is 1. The highest BCUT2D eigenvalue weighted by molar-refractivity contribution is 6.33. The van der Waals surface area contributed by atoms with Gasteiger partial charge in [0.1, 0.15) is 11.8 Å². The van der Waals surface area contributed by atoms with E-state index in [1.165, 1.54) is 6.08 Å². The Balaban J connectivity index is 1.52. The Labute approximate surface area is 239 Å². The lowest BCUT2D eigenvalue weighted by molar-refractivity contribution is -0.111. The molecular formula is C29H35ClN8O2. The van der Waals surface area contributed by atoms with Crippen molar-refractivity contribution in [2.24, 2.45) is 7.05 Å². The lowest BCUT2D eigenvalue weighted by Crippen LogP contribution is -2.31. The number of ether oxygens (including phenoxy) is 1. The van der Waals surface area contributed by atoms with Crippen LogP contribution in [0.5, 0.6) is 5.88 Å². The van der Waals surface area contributed by atoms with Gasteiger partial charge < -0.3 is 30.2 Å². The summed E-state index contributed by atoms with van der Waals surface area (Å²) in [6.45, 7) is 8.02. The fourth-order valence-electron chi connectivity index (χ4n) is 4.22. The minimum atomic E-state index is -0.376. The molecular weight excluding hydrogens is 528 g/mol. The summed E-state index contributed by atoms with van der Waals surface area (Å²) in [4.78, 5) is 27.8. The van der Waals surface area contributed by atoms with Crippen LogP contribution in [0.2, 0.25) is 5.02 Å². The van der Waals surface area contributed by atoms with Crippen molar-refractivity contribution in [2.75, 3.05) is 44.4 Å². The number of anilines is 3. The molecule has 4 rings (SSSR count). The van der Waals surface area contributed by atoms with Crippen LogP contribution in [-0.4, -0.2) is 70.2 Å². The van der Waals surface area contributed by atoms with Crippen molar-refractivity contribution < 1.29 is 9.53 Å². The Kier molecular flexibility index (Phi) is 9.70. The van der Waals surface area contributed by atoms with Gasteiger partial charge in [-0.15, -0.1) is 0 Å². The lowest BCUT2D eigenvalue weighted by atomic mass is 10.1. The number of nitrogens with one attached hydrogen (secondary N) is 3. The van der Waals surface area contributed by atoms with Gasteiger partial charge in [-0.2, -0.15) is 0 Å². The molecule has 11 heteroatoms. The zero-order valence-electron chi connectivity index (χ0n) is 23.2. The number of rotatable bonds is 13. The third-order valence-electron chi connectivity index (χ3n) is 6.15. The topological polar surface area (TPSA) is 109 Å². The summed E-state index contributed by atoms with van der Waals surface area (Å²) in [6, 6.07) is 9.78. The number of halogens is 1. The molecule has 4 aromatic rings. The molecule has 0 saturated carbocycles. The van der Waals surface area contributed by atoms with E-state index in [2.05, 4.69) is 51.5 Å². The molecule has 3 heterocycles. The van der Waals surface area contributed by atoms with Crippen LogP contribution in [0.25, 0.3) is 22.2 Å². The number of aryl methyl sites for hydroxylation is 1. The molecule has 0 aliphatic rings. The minimum Gasteiger partial charge on any atom is -0.472 e. The molecule has 210 valence electrons. The van der Waals surface area contributed by atoms with Crippen LogP contribution >= 0.6 is 11.6 Å². The van der Waals surface area contributed by atoms with Crippen LogP contribution < -0.4 is 20.7 Å². The maximum atomic E-state index is 12.1. The van der Waals surface area contributed by atoms with Crippen LogP contribution in [0, 0.1) is 0 Å². The summed E-state index contributed by atoms with van der Waals surface area (Å²) in [5.74, 6) is 0.259. The number of benzene rings is 1. The number of nitrogens with zero attached hydrogens (tertiary/aromatic N) is 5. The number of aromatic nitrogens is 4. The van der Waals surface area contributed by atoms with Crippen molar-refractivity contribution in [2.45, 2.75) is 19.4 Å². The van der Waals surface area contributed by atoms with Gasteiger partial charge in [0.05, 0.1) is 28.8 Å². The molecule has 40 heavy (non-hydrogen) atoms. The van der Waals surface area contributed by atoms with Crippen molar-refractivity contribution in [1.29, 1.82) is 0 Å². The predicted octanol–water partition coefficient (Wildman–Crippen LogP) is 4.86. The molecule has 0 spiro atoms. The molecule has 1 unspecified atom stereocenters. The minimum absolute atomic E-state index is 0.173. The monoisotopic (exact) mass is 562 g/mol. The van der Waals surface area contributed by atoms with Crippen LogP contribution in [0.3, 0.4) is 0 Å². The number of fused-ring (bicyclic) bond motifs is 1. The van der Waals surface area contributed by atoms with Crippen LogP contribution in [0.15, 0.2) is 61.6 Å². The van der Waals surface area contributed by atoms with E-state index in [0.29, 0.717) is 40.5 Å². The van der Waals surface area contributed by atoms with Gasteiger partial charge in [-0.25, -0.2) is 15.0 Å². The zero-order chi connectivity index (χ0) is 28.6. The Morgan fingerprint density at radius 2 is 2.05 bits per heavy atom. The highest BCUT2D eigenvalue weighted by Crippen LogP contribution is 2.34. The third-order valence-corrected chi connectivity index (χ3v) is 6.43. The summed E-state index contributed by atoms with van der Waals surface area (Å²) >= 11 is 6.52. The first-order valence-corrected chi connectivity index (χ1v) is 13.4. The fourth-order valence-corrected chi connectivity index (χ4v) is 4.41. The first-order valence-electron chi connectivity index (χ1n) is 13.0. The molecule has 0 aliphatic heterocycles. The highest BCUT2D eigenvalue weighted by Gasteiger charge is 2.16. The number of para-hydroxylation sites is 1. The van der Waals surface area contributed by atoms with Gasteiger partial charge in [0, 0.05) is 36.3 Å². The van der Waals surface area contributed by atoms with Crippen LogP contribution in [-0.2, 0) is 11.8 Å². The summed E-state index contributed by atoms with van der Waals surface area (Å²) in [7, 11) is 6.09. The first kappa shape index (κ1) is 29.0. The van der Waals surface area contributed by atoms with Crippen LogP contribution in [0.4, 0.5) is 17.3 Å². The second kappa shape index (κ2) is 13.4. The van der Waals surface area contributed by atoms with Gasteiger partial charge >= 0.3 is 0 Å². The average molecular weight is 563 g/mol. The summed E-state index contributed by atoms with van der Waals surface area (Å²) < 4.78 is 8.08. The molecule has 0 bridgehead atoms. The second-order valence-electron chi connectivity index (χ2n) is 9.75. The quantitative estimate of drug-likeness (QED) is 0.157. The largest absolute Gasteiger partial charge is 0.472 e. The Bertz CT molecular complexity index is 1490. The molecule has 0 aliphatic carbocycles. The molecule has 10 nitrogen and oxygen atoms in total. The van der Waals surface area contributed by atoms with Gasteiger partial charge in [0.15, 0.2) is 0 Å². The SMILES string of the molecule is C=CC(=O)Nc1cc(Nc2ncc(Cl)c(-c3cn(C)c4ccccc34)n2)cnc1OC(C)CNCCCN(C)C. The number of carbonyl (C=O) groups excluding carboxylic acids is 1. The van der Waals surface area contributed by atoms with Crippen molar-refractivity contribution >= 4 is 45.7 Å². The van der Waals surface area contributed by atoms with E-state index < -0.39 is 0 Å². The Morgan fingerprint density at radius 1 is 1.25 bits per heavy atom. The molecule has 3 aromatic heterocycles. The van der Waals surface area contributed by atoms with Gasteiger partial charge in [0.25, 0.3) is 0 Å². The maximum Gasteiger partial charge on any atom is 0.247 e. The number of carbonyl (C=O) groups is 1. The van der Waals surface area contributed by atoms with E-state index in [-0.39, 0.29) is 12.0 Å². The van der Waals surface area contributed by atoms with Gasteiger partial charge in [-0.1, -0.05) is 36.4 Å². The summed E-state index contributed by atoms with van der Waals surface area (Å²) in [6.07, 6.45) is 7.22.